The number of nitrogens with zero attached hydrogens (tertiary/aromatic N) is 2. The molecule has 4 rings (SSSR count). The largest absolute Gasteiger partial charge is 0.398 e. The summed E-state index contributed by atoms with van der Waals surface area (Å²) in [5.41, 5.74) is 17.7. The number of rotatable bonds is 12. The van der Waals surface area contributed by atoms with Gasteiger partial charge in [0.1, 0.15) is 11.6 Å². The van der Waals surface area contributed by atoms with Crippen LogP contribution in [-0.2, 0) is 6.42 Å². The lowest BCUT2D eigenvalue weighted by Gasteiger charge is -2.24. The predicted octanol–water partition coefficient (Wildman–Crippen LogP) is 6.32. The Kier molecular flexibility index (Phi) is 10.3. The molecule has 0 radical (unpaired) electrons. The van der Waals surface area contributed by atoms with Gasteiger partial charge in [0.25, 0.3) is 5.91 Å². The summed E-state index contributed by atoms with van der Waals surface area (Å²) in [6, 6.07) is 11.0. The molecule has 8 heteroatoms. The van der Waals surface area contributed by atoms with Crippen LogP contribution >= 0.6 is 0 Å². The zero-order chi connectivity index (χ0) is 29.2. The predicted molar refractivity (Wildman–Crippen MR) is 168 cm³/mol. The second-order valence-corrected chi connectivity index (χ2v) is 10.7. The van der Waals surface area contributed by atoms with Crippen molar-refractivity contribution in [2.24, 2.45) is 0 Å². The van der Waals surface area contributed by atoms with Crippen LogP contribution in [0.4, 0.5) is 17.3 Å². The number of pyridine rings is 2. The van der Waals surface area contributed by atoms with Gasteiger partial charge in [0.2, 0.25) is 0 Å². The Balaban J connectivity index is 1.31. The van der Waals surface area contributed by atoms with Crippen molar-refractivity contribution in [1.29, 1.82) is 5.41 Å². The quantitative estimate of drug-likeness (QED) is 0.101. The lowest BCUT2D eigenvalue weighted by molar-refractivity contribution is 0.102. The number of anilines is 3. The molecule has 7 N–H and O–H groups in total. The molecule has 1 amide bonds. The first-order valence-corrected chi connectivity index (χ1v) is 14.4. The molecule has 2 aromatic heterocycles. The van der Waals surface area contributed by atoms with Crippen LogP contribution in [0.5, 0.6) is 0 Å². The fourth-order valence-electron chi connectivity index (χ4n) is 5.10. The molecule has 1 fully saturated rings. The van der Waals surface area contributed by atoms with Crippen molar-refractivity contribution in [3.8, 4) is 0 Å². The second-order valence-electron chi connectivity index (χ2n) is 10.7. The van der Waals surface area contributed by atoms with Crippen molar-refractivity contribution in [2.45, 2.75) is 70.8 Å². The monoisotopic (exact) mass is 551 g/mol. The summed E-state index contributed by atoms with van der Waals surface area (Å²) in [5, 5.41) is 15.2. The smallest absolute Gasteiger partial charge is 0.256 e. The van der Waals surface area contributed by atoms with Gasteiger partial charge >= 0.3 is 0 Å². The van der Waals surface area contributed by atoms with E-state index in [1.54, 1.807) is 42.7 Å². The molecule has 1 aromatic carbocycles. The molecule has 41 heavy (non-hydrogen) atoms. The number of allylic oxidation sites excluding steroid dienone is 3. The minimum absolute atomic E-state index is 0.162. The lowest BCUT2D eigenvalue weighted by Crippen LogP contribution is -2.29. The SMILES string of the molecule is C=C(CCC/C=C\Cc1cnc(N)c(C(=N)c2ccc(C(=O)Nc3cc(C)ccn3)cc2)c1N)NC1CCCCC1. The van der Waals surface area contributed by atoms with E-state index in [2.05, 4.69) is 39.3 Å². The van der Waals surface area contributed by atoms with Crippen molar-refractivity contribution >= 4 is 28.9 Å². The number of aryl methyl sites for hydroxylation is 1. The van der Waals surface area contributed by atoms with E-state index in [1.807, 2.05) is 13.0 Å². The summed E-state index contributed by atoms with van der Waals surface area (Å²) < 4.78 is 0. The number of nitrogens with one attached hydrogen (secondary N) is 3. The number of unbranched alkanes of at least 4 members (excludes halogenated alkanes) is 1. The molecule has 1 aliphatic rings. The van der Waals surface area contributed by atoms with Gasteiger partial charge in [0.05, 0.1) is 11.3 Å². The van der Waals surface area contributed by atoms with E-state index in [1.165, 1.54) is 32.1 Å². The highest BCUT2D eigenvalue weighted by atomic mass is 16.1. The normalized spacial score (nSPS) is 13.7. The summed E-state index contributed by atoms with van der Waals surface area (Å²) in [4.78, 5) is 21.1. The third kappa shape index (κ3) is 8.27. The van der Waals surface area contributed by atoms with Crippen molar-refractivity contribution in [2.75, 3.05) is 16.8 Å². The fourth-order valence-corrected chi connectivity index (χ4v) is 5.10. The molecule has 0 aliphatic heterocycles. The Morgan fingerprint density at radius 3 is 2.54 bits per heavy atom. The molecule has 214 valence electrons. The van der Waals surface area contributed by atoms with Crippen molar-refractivity contribution in [3.63, 3.8) is 0 Å². The van der Waals surface area contributed by atoms with Gasteiger partial charge in [0.15, 0.2) is 0 Å². The Morgan fingerprint density at radius 2 is 1.80 bits per heavy atom. The van der Waals surface area contributed by atoms with E-state index in [4.69, 9.17) is 16.9 Å². The number of amides is 1. The van der Waals surface area contributed by atoms with E-state index in [9.17, 15) is 4.79 Å². The van der Waals surface area contributed by atoms with Gasteiger partial charge in [-0.25, -0.2) is 9.97 Å². The van der Waals surface area contributed by atoms with E-state index in [0.29, 0.717) is 40.7 Å². The molecule has 0 unspecified atom stereocenters. The number of nitrogens with two attached hydrogens (primary N) is 2. The maximum atomic E-state index is 12.6. The summed E-state index contributed by atoms with van der Waals surface area (Å²) in [7, 11) is 0. The average molecular weight is 552 g/mol. The number of benzene rings is 1. The molecule has 8 nitrogen and oxygen atoms in total. The molecule has 1 aliphatic carbocycles. The van der Waals surface area contributed by atoms with Gasteiger partial charge in [-0.15, -0.1) is 0 Å². The summed E-state index contributed by atoms with van der Waals surface area (Å²) >= 11 is 0. The standard InChI is InChI=1S/C33H41N7O/c1-22-18-19-37-28(20-22)40-33(41)25-16-14-24(15-17-25)30(34)29-31(35)26(21-38-32(29)36)11-7-4-3-6-10-23(2)39-27-12-8-5-9-13-27/h4,7,14-21,27,34,39H,2-3,5-6,8-13H2,1H3,(H4,35,36,38)(H,37,40,41)/b7-4-,34-30?. The Bertz CT molecular complexity index is 1410. The van der Waals surface area contributed by atoms with E-state index >= 15 is 0 Å². The van der Waals surface area contributed by atoms with E-state index < -0.39 is 0 Å². The molecule has 2 heterocycles. The van der Waals surface area contributed by atoms with Crippen LogP contribution in [-0.4, -0.2) is 27.6 Å². The number of carbonyl (C=O) groups is 1. The molecule has 0 spiro atoms. The second kappa shape index (κ2) is 14.3. The first-order valence-electron chi connectivity index (χ1n) is 14.4. The van der Waals surface area contributed by atoms with Crippen molar-refractivity contribution in [1.82, 2.24) is 15.3 Å². The van der Waals surface area contributed by atoms with Crippen molar-refractivity contribution < 1.29 is 4.79 Å². The highest BCUT2D eigenvalue weighted by Gasteiger charge is 2.17. The van der Waals surface area contributed by atoms with Gasteiger partial charge in [0, 0.05) is 40.9 Å². The highest BCUT2D eigenvalue weighted by Crippen LogP contribution is 2.26. The van der Waals surface area contributed by atoms with E-state index in [-0.39, 0.29) is 17.4 Å². The lowest BCUT2D eigenvalue weighted by atomic mass is 9.95. The van der Waals surface area contributed by atoms with Crippen molar-refractivity contribution in [3.05, 3.63) is 101 Å². The first-order chi connectivity index (χ1) is 19.8. The van der Waals surface area contributed by atoms with Crippen LogP contribution in [0.1, 0.15) is 84.0 Å². The van der Waals surface area contributed by atoms with Crippen LogP contribution in [0.25, 0.3) is 0 Å². The Hall–Kier alpha value is -4.46. The van der Waals surface area contributed by atoms with Gasteiger partial charge in [-0.3, -0.25) is 10.2 Å². The van der Waals surface area contributed by atoms with Gasteiger partial charge in [-0.2, -0.15) is 0 Å². The number of aromatic nitrogens is 2. The maximum absolute atomic E-state index is 12.6. The summed E-state index contributed by atoms with van der Waals surface area (Å²) in [6.07, 6.45) is 17.6. The van der Waals surface area contributed by atoms with Gasteiger partial charge < -0.3 is 22.1 Å². The zero-order valence-electron chi connectivity index (χ0n) is 23.9. The van der Waals surface area contributed by atoms with Crippen LogP contribution in [0, 0.1) is 12.3 Å². The minimum atomic E-state index is -0.277. The Labute approximate surface area is 242 Å². The third-order valence-corrected chi connectivity index (χ3v) is 7.44. The molecular weight excluding hydrogens is 510 g/mol. The molecule has 0 saturated heterocycles. The highest BCUT2D eigenvalue weighted by molar-refractivity contribution is 6.17. The minimum Gasteiger partial charge on any atom is -0.398 e. The molecule has 1 saturated carbocycles. The van der Waals surface area contributed by atoms with Crippen LogP contribution in [0.3, 0.4) is 0 Å². The van der Waals surface area contributed by atoms with Gasteiger partial charge in [-0.05, 0) is 80.8 Å². The van der Waals surface area contributed by atoms with Gasteiger partial charge in [-0.1, -0.05) is 50.1 Å². The van der Waals surface area contributed by atoms with Crippen LogP contribution < -0.4 is 22.1 Å². The summed E-state index contributed by atoms with van der Waals surface area (Å²) in [6.45, 7) is 6.14. The molecular formula is C33H41N7O. The molecule has 3 aromatic rings. The Morgan fingerprint density at radius 1 is 1.07 bits per heavy atom. The van der Waals surface area contributed by atoms with Crippen LogP contribution in [0.2, 0.25) is 0 Å². The number of carbonyl (C=O) groups excluding carboxylic acids is 1. The first kappa shape index (κ1) is 29.5. The fraction of sp³-hybridized carbons (Fsp3) is 0.333. The number of nitrogen functional groups attached to an aromatic ring is 2. The molecule has 0 atom stereocenters. The van der Waals surface area contributed by atoms with E-state index in [0.717, 1.165) is 36.1 Å². The summed E-state index contributed by atoms with van der Waals surface area (Å²) in [5.74, 6) is 0.415. The maximum Gasteiger partial charge on any atom is 0.256 e. The zero-order valence-corrected chi connectivity index (χ0v) is 23.9. The molecule has 0 bridgehead atoms. The number of hydrogen-bond acceptors (Lipinski definition) is 7. The van der Waals surface area contributed by atoms with Crippen LogP contribution in [0.15, 0.2) is 73.2 Å². The average Bonchev–Trinajstić information content (AvgIpc) is 2.96. The topological polar surface area (TPSA) is 143 Å². The number of hydrogen-bond donors (Lipinski definition) is 5. The third-order valence-electron chi connectivity index (χ3n) is 7.44.